The van der Waals surface area contributed by atoms with Gasteiger partial charge in [-0.15, -0.1) is 12.6 Å². The van der Waals surface area contributed by atoms with Crippen LogP contribution in [0.2, 0.25) is 0 Å². The largest absolute Gasteiger partial charge is 0.338 e. The van der Waals surface area contributed by atoms with Crippen LogP contribution in [0, 0.1) is 5.82 Å². The molecule has 0 bridgehead atoms. The smallest absolute Gasteiger partial charge is 0.319 e. The summed E-state index contributed by atoms with van der Waals surface area (Å²) >= 11 is 4.25. The fraction of sp³-hybridized carbons (Fsp3) is 0.133. The highest BCUT2D eigenvalue weighted by Gasteiger charge is 2.03. The number of urea groups is 1. The molecule has 2 aromatic carbocycles. The zero-order valence-electron chi connectivity index (χ0n) is 10.8. The molecule has 0 heterocycles. The summed E-state index contributed by atoms with van der Waals surface area (Å²) in [6.45, 7) is 0.435. The molecule has 2 N–H and O–H groups in total. The van der Waals surface area contributed by atoms with E-state index in [1.54, 1.807) is 18.2 Å². The van der Waals surface area contributed by atoms with Gasteiger partial charge in [-0.05, 0) is 36.2 Å². The van der Waals surface area contributed by atoms with Crippen LogP contribution in [0.3, 0.4) is 0 Å². The lowest BCUT2D eigenvalue weighted by Crippen LogP contribution is -2.30. The second-order valence-electron chi connectivity index (χ2n) is 4.28. The third-order valence-electron chi connectivity index (χ3n) is 2.74. The molecule has 2 rings (SSSR count). The lowest BCUT2D eigenvalue weighted by molar-refractivity contribution is 0.252. The van der Waals surface area contributed by atoms with E-state index in [4.69, 9.17) is 0 Å². The highest BCUT2D eigenvalue weighted by atomic mass is 32.1. The standard InChI is InChI=1S/C15H15FN2OS/c16-12-5-3-4-11(10-12)8-9-17-15(19)18-13-6-1-2-7-14(13)20/h1-7,10,20H,8-9H2,(H2,17,18,19). The van der Waals surface area contributed by atoms with Gasteiger partial charge in [-0.3, -0.25) is 0 Å². The molecule has 20 heavy (non-hydrogen) atoms. The second-order valence-corrected chi connectivity index (χ2v) is 4.76. The van der Waals surface area contributed by atoms with Gasteiger partial charge in [0.05, 0.1) is 5.69 Å². The first-order valence-corrected chi connectivity index (χ1v) is 6.67. The zero-order chi connectivity index (χ0) is 14.4. The number of amides is 2. The molecule has 0 aliphatic carbocycles. The number of nitrogens with one attached hydrogen (secondary N) is 2. The third kappa shape index (κ3) is 4.28. The van der Waals surface area contributed by atoms with Gasteiger partial charge in [0.1, 0.15) is 5.82 Å². The number of hydrogen-bond acceptors (Lipinski definition) is 2. The number of carbonyl (C=O) groups is 1. The first-order chi connectivity index (χ1) is 9.65. The molecule has 104 valence electrons. The zero-order valence-corrected chi connectivity index (χ0v) is 11.7. The molecule has 0 fully saturated rings. The minimum atomic E-state index is -0.303. The van der Waals surface area contributed by atoms with Crippen molar-refractivity contribution in [3.63, 3.8) is 0 Å². The van der Waals surface area contributed by atoms with E-state index in [1.807, 2.05) is 18.2 Å². The molecule has 0 aliphatic heterocycles. The molecule has 0 unspecified atom stereocenters. The van der Waals surface area contributed by atoms with Gasteiger partial charge in [0.15, 0.2) is 0 Å². The van der Waals surface area contributed by atoms with E-state index >= 15 is 0 Å². The fourth-order valence-corrected chi connectivity index (χ4v) is 1.98. The van der Waals surface area contributed by atoms with Crippen LogP contribution < -0.4 is 10.6 Å². The predicted molar refractivity (Wildman–Crippen MR) is 80.8 cm³/mol. The first-order valence-electron chi connectivity index (χ1n) is 6.22. The molecular formula is C15H15FN2OS. The average Bonchev–Trinajstić information content (AvgIpc) is 2.41. The second kappa shape index (κ2) is 6.96. The summed E-state index contributed by atoms with van der Waals surface area (Å²) in [6.07, 6.45) is 0.577. The van der Waals surface area contributed by atoms with Crippen LogP contribution in [0.1, 0.15) is 5.56 Å². The Hall–Kier alpha value is -2.01. The number of thiol groups is 1. The number of anilines is 1. The van der Waals surface area contributed by atoms with Gasteiger partial charge in [-0.1, -0.05) is 24.3 Å². The highest BCUT2D eigenvalue weighted by Crippen LogP contribution is 2.18. The Kier molecular flexibility index (Phi) is 5.01. The van der Waals surface area contributed by atoms with Crippen molar-refractivity contribution < 1.29 is 9.18 Å². The highest BCUT2D eigenvalue weighted by molar-refractivity contribution is 7.80. The van der Waals surface area contributed by atoms with Crippen LogP contribution in [-0.2, 0) is 6.42 Å². The summed E-state index contributed by atoms with van der Waals surface area (Å²) in [4.78, 5) is 12.4. The van der Waals surface area contributed by atoms with Crippen LogP contribution in [-0.4, -0.2) is 12.6 Å². The van der Waals surface area contributed by atoms with Crippen molar-refractivity contribution in [1.29, 1.82) is 0 Å². The monoisotopic (exact) mass is 290 g/mol. The Morgan fingerprint density at radius 3 is 2.70 bits per heavy atom. The van der Waals surface area contributed by atoms with Crippen molar-refractivity contribution in [1.82, 2.24) is 5.32 Å². The third-order valence-corrected chi connectivity index (χ3v) is 3.13. The quantitative estimate of drug-likeness (QED) is 0.741. The van der Waals surface area contributed by atoms with Gasteiger partial charge in [-0.25, -0.2) is 9.18 Å². The van der Waals surface area contributed by atoms with Crippen molar-refractivity contribution in [3.8, 4) is 0 Å². The van der Waals surface area contributed by atoms with Crippen LogP contribution in [0.25, 0.3) is 0 Å². The van der Waals surface area contributed by atoms with Crippen molar-refractivity contribution in [2.75, 3.05) is 11.9 Å². The van der Waals surface area contributed by atoms with E-state index in [9.17, 15) is 9.18 Å². The predicted octanol–water partition coefficient (Wildman–Crippen LogP) is 3.48. The number of hydrogen-bond donors (Lipinski definition) is 3. The molecule has 0 aromatic heterocycles. The van der Waals surface area contributed by atoms with E-state index in [0.717, 1.165) is 5.56 Å². The van der Waals surface area contributed by atoms with E-state index < -0.39 is 0 Å². The summed E-state index contributed by atoms with van der Waals surface area (Å²) in [5.41, 5.74) is 1.50. The molecule has 0 spiro atoms. The van der Waals surface area contributed by atoms with E-state index in [1.165, 1.54) is 12.1 Å². The lowest BCUT2D eigenvalue weighted by Gasteiger charge is -2.09. The normalized spacial score (nSPS) is 10.1. The molecule has 0 atom stereocenters. The topological polar surface area (TPSA) is 41.1 Å². The van der Waals surface area contributed by atoms with Crippen molar-refractivity contribution in [2.24, 2.45) is 0 Å². The number of benzene rings is 2. The van der Waals surface area contributed by atoms with Gasteiger partial charge in [0.2, 0.25) is 0 Å². The Morgan fingerprint density at radius 1 is 1.15 bits per heavy atom. The summed E-state index contributed by atoms with van der Waals surface area (Å²) in [5, 5.41) is 5.43. The molecule has 2 aromatic rings. The number of para-hydroxylation sites is 1. The Balaban J connectivity index is 1.80. The summed E-state index contributed by atoms with van der Waals surface area (Å²) < 4.78 is 13.0. The van der Waals surface area contributed by atoms with Gasteiger partial charge in [-0.2, -0.15) is 0 Å². The van der Waals surface area contributed by atoms with Crippen LogP contribution >= 0.6 is 12.6 Å². The minimum Gasteiger partial charge on any atom is -0.338 e. The SMILES string of the molecule is O=C(NCCc1cccc(F)c1)Nc1ccccc1S. The Morgan fingerprint density at radius 2 is 1.95 bits per heavy atom. The van der Waals surface area contributed by atoms with Gasteiger partial charge in [0.25, 0.3) is 0 Å². The first kappa shape index (κ1) is 14.4. The Bertz CT molecular complexity index is 604. The van der Waals surface area contributed by atoms with Gasteiger partial charge >= 0.3 is 6.03 Å². The number of rotatable bonds is 4. The molecule has 0 radical (unpaired) electrons. The van der Waals surface area contributed by atoms with Crippen LogP contribution in [0.4, 0.5) is 14.9 Å². The minimum absolute atomic E-state index is 0.268. The van der Waals surface area contributed by atoms with Crippen LogP contribution in [0.15, 0.2) is 53.4 Å². The van der Waals surface area contributed by atoms with Crippen molar-refractivity contribution in [2.45, 2.75) is 11.3 Å². The van der Waals surface area contributed by atoms with Crippen molar-refractivity contribution >= 4 is 24.3 Å². The van der Waals surface area contributed by atoms with E-state index in [2.05, 4.69) is 23.3 Å². The van der Waals surface area contributed by atoms with Gasteiger partial charge in [0, 0.05) is 11.4 Å². The molecule has 0 saturated carbocycles. The Labute approximate surface area is 122 Å². The molecule has 5 heteroatoms. The van der Waals surface area contributed by atoms with Gasteiger partial charge < -0.3 is 10.6 Å². The summed E-state index contributed by atoms with van der Waals surface area (Å²) in [7, 11) is 0. The lowest BCUT2D eigenvalue weighted by atomic mass is 10.1. The van der Waals surface area contributed by atoms with Crippen molar-refractivity contribution in [3.05, 3.63) is 59.9 Å². The molecule has 0 saturated heterocycles. The van der Waals surface area contributed by atoms with Crippen LogP contribution in [0.5, 0.6) is 0 Å². The van der Waals surface area contributed by atoms with E-state index in [0.29, 0.717) is 23.5 Å². The molecule has 0 aliphatic rings. The maximum Gasteiger partial charge on any atom is 0.319 e. The molecular weight excluding hydrogens is 275 g/mol. The maximum absolute atomic E-state index is 13.0. The van der Waals surface area contributed by atoms with E-state index in [-0.39, 0.29) is 11.8 Å². The number of carbonyl (C=O) groups excluding carboxylic acids is 1. The molecule has 3 nitrogen and oxygen atoms in total. The summed E-state index contributed by atoms with van der Waals surface area (Å²) in [6, 6.07) is 13.3. The maximum atomic E-state index is 13.0. The number of halogens is 1. The summed E-state index contributed by atoms with van der Waals surface area (Å²) in [5.74, 6) is -0.268. The average molecular weight is 290 g/mol. The molecule has 2 amide bonds. The fourth-order valence-electron chi connectivity index (χ4n) is 1.76.